The predicted molar refractivity (Wildman–Crippen MR) is 119 cm³/mol. The van der Waals surface area contributed by atoms with Crippen LogP contribution in [0, 0.1) is 13.8 Å². The van der Waals surface area contributed by atoms with Crippen LogP contribution in [0.5, 0.6) is 0 Å². The summed E-state index contributed by atoms with van der Waals surface area (Å²) < 4.78 is 4.86. The molecule has 1 saturated heterocycles. The second-order valence-electron chi connectivity index (χ2n) is 6.89. The Kier molecular flexibility index (Phi) is 7.05. The van der Waals surface area contributed by atoms with Gasteiger partial charge in [-0.2, -0.15) is 0 Å². The van der Waals surface area contributed by atoms with Crippen molar-refractivity contribution < 1.29 is 14.3 Å². The molecule has 0 radical (unpaired) electrons. The first kappa shape index (κ1) is 21.9. The summed E-state index contributed by atoms with van der Waals surface area (Å²) in [5.74, 6) is -0.572. The van der Waals surface area contributed by atoms with E-state index < -0.39 is 5.97 Å². The smallest absolute Gasteiger partial charge is 0.341 e. The lowest BCUT2D eigenvalue weighted by molar-refractivity contribution is -0.117. The number of hydrogen-bond donors (Lipinski definition) is 1. The molecular weight excluding hydrogens is 433 g/mol. The zero-order valence-corrected chi connectivity index (χ0v) is 18.9. The molecule has 29 heavy (non-hydrogen) atoms. The average Bonchev–Trinajstić information content (AvgIpc) is 2.97. The Balaban J connectivity index is 1.57. The van der Waals surface area contributed by atoms with Gasteiger partial charge >= 0.3 is 5.97 Å². The molecule has 1 aromatic carbocycles. The molecule has 156 valence electrons. The van der Waals surface area contributed by atoms with Crippen LogP contribution in [0.25, 0.3) is 0 Å². The number of anilines is 2. The highest BCUT2D eigenvalue weighted by atomic mass is 35.5. The normalized spacial score (nSPS) is 14.7. The Morgan fingerprint density at radius 2 is 1.83 bits per heavy atom. The van der Waals surface area contributed by atoms with Gasteiger partial charge in [0.25, 0.3) is 0 Å². The van der Waals surface area contributed by atoms with Gasteiger partial charge in [-0.05, 0) is 37.6 Å². The number of halogens is 2. The lowest BCUT2D eigenvalue weighted by atomic mass is 10.1. The molecule has 1 fully saturated rings. The van der Waals surface area contributed by atoms with Gasteiger partial charge in [-0.15, -0.1) is 11.3 Å². The number of carbonyl (C=O) groups excluding carboxylic acids is 2. The van der Waals surface area contributed by atoms with E-state index in [2.05, 4.69) is 15.1 Å². The van der Waals surface area contributed by atoms with Crippen molar-refractivity contribution in [3.05, 3.63) is 44.2 Å². The van der Waals surface area contributed by atoms with Crippen molar-refractivity contribution in [2.75, 3.05) is 50.1 Å². The van der Waals surface area contributed by atoms with Crippen LogP contribution in [-0.4, -0.2) is 56.6 Å². The Morgan fingerprint density at radius 1 is 1.14 bits per heavy atom. The van der Waals surface area contributed by atoms with Gasteiger partial charge in [0.05, 0.1) is 29.3 Å². The SMILES string of the molecule is COC(=O)c1c(NC(=O)CN2CCN(c3ccc(Cl)c(Cl)c3)CC2)sc(C)c1C. The molecule has 1 aliphatic heterocycles. The molecule has 1 aliphatic rings. The van der Waals surface area contributed by atoms with E-state index in [1.165, 1.54) is 18.4 Å². The monoisotopic (exact) mass is 455 g/mol. The standard InChI is InChI=1S/C20H23Cl2N3O3S/c1-12-13(2)29-19(18(12)20(27)28-3)23-17(26)11-24-6-8-25(9-7-24)14-4-5-15(21)16(22)10-14/h4-5,10H,6-9,11H2,1-3H3,(H,23,26). The Labute approximate surface area is 184 Å². The first-order chi connectivity index (χ1) is 13.8. The highest BCUT2D eigenvalue weighted by Gasteiger charge is 2.24. The second kappa shape index (κ2) is 9.34. The fraction of sp³-hybridized carbons (Fsp3) is 0.400. The number of carbonyl (C=O) groups is 2. The summed E-state index contributed by atoms with van der Waals surface area (Å²) in [6, 6.07) is 5.61. The van der Waals surface area contributed by atoms with E-state index >= 15 is 0 Å². The summed E-state index contributed by atoms with van der Waals surface area (Å²) in [6.07, 6.45) is 0. The lowest BCUT2D eigenvalue weighted by Crippen LogP contribution is -2.48. The van der Waals surface area contributed by atoms with Crippen molar-refractivity contribution in [2.45, 2.75) is 13.8 Å². The largest absolute Gasteiger partial charge is 0.465 e. The van der Waals surface area contributed by atoms with Crippen LogP contribution in [0.2, 0.25) is 10.0 Å². The van der Waals surface area contributed by atoms with Crippen LogP contribution in [0.3, 0.4) is 0 Å². The van der Waals surface area contributed by atoms with E-state index in [4.69, 9.17) is 27.9 Å². The summed E-state index contributed by atoms with van der Waals surface area (Å²) in [5.41, 5.74) is 2.30. The number of nitrogens with one attached hydrogen (secondary N) is 1. The van der Waals surface area contributed by atoms with Crippen molar-refractivity contribution in [3.8, 4) is 0 Å². The Hall–Kier alpha value is -1.80. The zero-order chi connectivity index (χ0) is 21.1. The van der Waals surface area contributed by atoms with Crippen LogP contribution in [-0.2, 0) is 9.53 Å². The number of thiophene rings is 1. The highest BCUT2D eigenvalue weighted by molar-refractivity contribution is 7.16. The van der Waals surface area contributed by atoms with E-state index in [1.54, 1.807) is 6.07 Å². The highest BCUT2D eigenvalue weighted by Crippen LogP contribution is 2.33. The minimum atomic E-state index is -0.433. The third-order valence-electron chi connectivity index (χ3n) is 5.04. The number of hydrogen-bond acceptors (Lipinski definition) is 6. The number of nitrogens with zero attached hydrogens (tertiary/aromatic N) is 2. The molecule has 3 rings (SSSR count). The van der Waals surface area contributed by atoms with Gasteiger partial charge in [-0.3, -0.25) is 9.69 Å². The fourth-order valence-electron chi connectivity index (χ4n) is 3.28. The fourth-order valence-corrected chi connectivity index (χ4v) is 4.64. The number of rotatable bonds is 5. The molecule has 0 saturated carbocycles. The molecule has 0 bridgehead atoms. The second-order valence-corrected chi connectivity index (χ2v) is 8.93. The summed E-state index contributed by atoms with van der Waals surface area (Å²) in [4.78, 5) is 29.9. The molecule has 9 heteroatoms. The Morgan fingerprint density at radius 3 is 2.45 bits per heavy atom. The minimum Gasteiger partial charge on any atom is -0.465 e. The maximum absolute atomic E-state index is 12.6. The van der Waals surface area contributed by atoms with Crippen molar-refractivity contribution in [1.29, 1.82) is 0 Å². The number of aryl methyl sites for hydroxylation is 1. The van der Waals surface area contributed by atoms with Crippen molar-refractivity contribution in [1.82, 2.24) is 4.90 Å². The third-order valence-corrected chi connectivity index (χ3v) is 6.90. The van der Waals surface area contributed by atoms with E-state index in [1.807, 2.05) is 26.0 Å². The van der Waals surface area contributed by atoms with Gasteiger partial charge in [0.1, 0.15) is 5.00 Å². The van der Waals surface area contributed by atoms with Gasteiger partial charge in [0.15, 0.2) is 0 Å². The van der Waals surface area contributed by atoms with Crippen molar-refractivity contribution >= 4 is 57.1 Å². The quantitative estimate of drug-likeness (QED) is 0.683. The van der Waals surface area contributed by atoms with E-state index in [-0.39, 0.29) is 12.5 Å². The topological polar surface area (TPSA) is 61.9 Å². The summed E-state index contributed by atoms with van der Waals surface area (Å²) >= 11 is 13.5. The molecule has 1 amide bonds. The maximum atomic E-state index is 12.6. The minimum absolute atomic E-state index is 0.139. The molecule has 6 nitrogen and oxygen atoms in total. The van der Waals surface area contributed by atoms with E-state index in [0.29, 0.717) is 20.6 Å². The molecule has 2 heterocycles. The molecule has 1 aromatic heterocycles. The molecule has 0 spiro atoms. The van der Waals surface area contributed by atoms with Gasteiger partial charge in [-0.25, -0.2) is 4.79 Å². The number of methoxy groups -OCH3 is 1. The van der Waals surface area contributed by atoms with Crippen LogP contribution >= 0.6 is 34.5 Å². The van der Waals surface area contributed by atoms with Gasteiger partial charge < -0.3 is 15.0 Å². The number of ether oxygens (including phenoxy) is 1. The summed E-state index contributed by atoms with van der Waals surface area (Å²) in [6.45, 7) is 7.12. The third kappa shape index (κ3) is 5.04. The van der Waals surface area contributed by atoms with Crippen LogP contribution < -0.4 is 10.2 Å². The van der Waals surface area contributed by atoms with E-state index in [0.717, 1.165) is 42.3 Å². The summed E-state index contributed by atoms with van der Waals surface area (Å²) in [7, 11) is 1.34. The van der Waals surface area contributed by atoms with Crippen LogP contribution in [0.4, 0.5) is 10.7 Å². The van der Waals surface area contributed by atoms with E-state index in [9.17, 15) is 9.59 Å². The van der Waals surface area contributed by atoms with Gasteiger partial charge in [-0.1, -0.05) is 23.2 Å². The van der Waals surface area contributed by atoms with Gasteiger partial charge in [0, 0.05) is 36.7 Å². The molecule has 1 N–H and O–H groups in total. The molecule has 0 aliphatic carbocycles. The number of benzene rings is 1. The van der Waals surface area contributed by atoms with Crippen molar-refractivity contribution in [3.63, 3.8) is 0 Å². The Bertz CT molecular complexity index is 924. The van der Waals surface area contributed by atoms with Crippen LogP contribution in [0.15, 0.2) is 18.2 Å². The lowest BCUT2D eigenvalue weighted by Gasteiger charge is -2.35. The molecule has 0 unspecified atom stereocenters. The molecular formula is C20H23Cl2N3O3S. The van der Waals surface area contributed by atoms with Crippen molar-refractivity contribution in [2.24, 2.45) is 0 Å². The number of esters is 1. The first-order valence-corrected chi connectivity index (χ1v) is 10.8. The van der Waals surface area contributed by atoms with Gasteiger partial charge in [0.2, 0.25) is 5.91 Å². The number of amides is 1. The average molecular weight is 456 g/mol. The predicted octanol–water partition coefficient (Wildman–Crippen LogP) is 4.22. The number of piperazine rings is 1. The molecule has 0 atom stereocenters. The first-order valence-electron chi connectivity index (χ1n) is 9.20. The zero-order valence-electron chi connectivity index (χ0n) is 16.6. The maximum Gasteiger partial charge on any atom is 0.341 e. The molecule has 2 aromatic rings. The van der Waals surface area contributed by atoms with Crippen LogP contribution in [0.1, 0.15) is 20.8 Å². The summed E-state index contributed by atoms with van der Waals surface area (Å²) in [5, 5.41) is 4.50.